The molecule has 0 aliphatic heterocycles. The highest BCUT2D eigenvalue weighted by molar-refractivity contribution is 7.92. The Kier molecular flexibility index (Phi) is 5.26. The second-order valence-electron chi connectivity index (χ2n) is 4.58. The lowest BCUT2D eigenvalue weighted by molar-refractivity contribution is -0.122. The largest absolute Gasteiger partial charge is 0.478 e. The van der Waals surface area contributed by atoms with E-state index in [2.05, 4.69) is 15.5 Å². The number of aromatic nitrogens is 2. The van der Waals surface area contributed by atoms with Gasteiger partial charge in [0.05, 0.1) is 0 Å². The molecule has 1 unspecified atom stereocenters. The van der Waals surface area contributed by atoms with E-state index < -0.39 is 27.7 Å². The zero-order chi connectivity index (χ0) is 17.0. The summed E-state index contributed by atoms with van der Waals surface area (Å²) in [5, 5.41) is 9.53. The first-order valence-corrected chi connectivity index (χ1v) is 9.27. The molecule has 0 aliphatic rings. The minimum atomic E-state index is -3.48. The number of carbonyl (C=O) groups excluding carboxylic acids is 1. The van der Waals surface area contributed by atoms with Crippen LogP contribution >= 0.6 is 11.3 Å². The molecule has 124 valence electrons. The molecule has 0 aliphatic carbocycles. The number of ether oxygens (including phenoxy) is 1. The van der Waals surface area contributed by atoms with E-state index in [0.717, 1.165) is 17.6 Å². The van der Waals surface area contributed by atoms with Crippen LogP contribution in [-0.2, 0) is 14.6 Å². The Morgan fingerprint density at radius 1 is 1.39 bits per heavy atom. The first kappa shape index (κ1) is 17.3. The van der Waals surface area contributed by atoms with E-state index in [-0.39, 0.29) is 21.6 Å². The smallest absolute Gasteiger partial charge is 0.267 e. The SMILES string of the molecule is CCC(Oc1ccccc1F)C(=O)Nc1nnc(S(C)(=O)=O)s1. The van der Waals surface area contributed by atoms with Gasteiger partial charge in [0.1, 0.15) is 0 Å². The number of amides is 1. The van der Waals surface area contributed by atoms with Crippen molar-refractivity contribution in [1.82, 2.24) is 10.2 Å². The Hall–Kier alpha value is -2.07. The molecule has 10 heteroatoms. The lowest BCUT2D eigenvalue weighted by Gasteiger charge is -2.16. The van der Waals surface area contributed by atoms with Crippen LogP contribution in [0.25, 0.3) is 0 Å². The van der Waals surface area contributed by atoms with E-state index in [9.17, 15) is 17.6 Å². The van der Waals surface area contributed by atoms with E-state index in [4.69, 9.17) is 4.74 Å². The van der Waals surface area contributed by atoms with Crippen molar-refractivity contribution in [1.29, 1.82) is 0 Å². The zero-order valence-electron chi connectivity index (χ0n) is 12.3. The summed E-state index contributed by atoms with van der Waals surface area (Å²) >= 11 is 0.734. The molecule has 0 saturated heterocycles. The number of rotatable bonds is 6. The molecule has 1 aromatic carbocycles. The van der Waals surface area contributed by atoms with E-state index in [1.807, 2.05) is 0 Å². The van der Waals surface area contributed by atoms with E-state index >= 15 is 0 Å². The summed E-state index contributed by atoms with van der Waals surface area (Å²) in [7, 11) is -3.48. The molecule has 1 amide bonds. The first-order chi connectivity index (χ1) is 10.8. The van der Waals surface area contributed by atoms with Gasteiger partial charge in [0, 0.05) is 6.26 Å². The van der Waals surface area contributed by atoms with Crippen molar-refractivity contribution in [3.63, 3.8) is 0 Å². The molecule has 2 aromatic rings. The van der Waals surface area contributed by atoms with Gasteiger partial charge in [-0.05, 0) is 18.6 Å². The van der Waals surface area contributed by atoms with Crippen LogP contribution in [0.4, 0.5) is 9.52 Å². The predicted octanol–water partition coefficient (Wildman–Crippen LogP) is 1.88. The molecule has 1 N–H and O–H groups in total. The number of carbonyl (C=O) groups is 1. The van der Waals surface area contributed by atoms with Gasteiger partial charge in [-0.15, -0.1) is 10.2 Å². The minimum absolute atomic E-state index is 0.0333. The van der Waals surface area contributed by atoms with Gasteiger partial charge in [-0.2, -0.15) is 0 Å². The van der Waals surface area contributed by atoms with Crippen LogP contribution in [0.15, 0.2) is 28.6 Å². The lowest BCUT2D eigenvalue weighted by atomic mass is 10.2. The van der Waals surface area contributed by atoms with Crippen molar-refractivity contribution >= 4 is 32.2 Å². The average molecular weight is 359 g/mol. The topological polar surface area (TPSA) is 98.2 Å². The molecule has 0 spiro atoms. The van der Waals surface area contributed by atoms with Crippen LogP contribution in [0.1, 0.15) is 13.3 Å². The van der Waals surface area contributed by atoms with Crippen molar-refractivity contribution in [3.05, 3.63) is 30.1 Å². The third-order valence-electron chi connectivity index (χ3n) is 2.72. The number of hydrogen-bond donors (Lipinski definition) is 1. The molecule has 23 heavy (non-hydrogen) atoms. The van der Waals surface area contributed by atoms with Crippen molar-refractivity contribution in [3.8, 4) is 5.75 Å². The van der Waals surface area contributed by atoms with Gasteiger partial charge in [0.15, 0.2) is 17.7 Å². The Balaban J connectivity index is 2.09. The zero-order valence-corrected chi connectivity index (χ0v) is 13.9. The molecule has 0 radical (unpaired) electrons. The summed E-state index contributed by atoms with van der Waals surface area (Å²) in [5.41, 5.74) is 0. The van der Waals surface area contributed by atoms with Gasteiger partial charge < -0.3 is 4.74 Å². The highest BCUT2D eigenvalue weighted by Gasteiger charge is 2.22. The number of para-hydroxylation sites is 1. The number of anilines is 1. The molecule has 1 aromatic heterocycles. The summed E-state index contributed by atoms with van der Waals surface area (Å²) in [6.45, 7) is 1.70. The number of halogens is 1. The number of nitrogens with one attached hydrogen (secondary N) is 1. The maximum Gasteiger partial charge on any atom is 0.267 e. The molecule has 1 heterocycles. The molecular weight excluding hydrogens is 345 g/mol. The summed E-state index contributed by atoms with van der Waals surface area (Å²) in [6, 6.07) is 5.74. The second-order valence-corrected chi connectivity index (χ2v) is 7.75. The van der Waals surface area contributed by atoms with E-state index in [1.165, 1.54) is 18.2 Å². The first-order valence-electron chi connectivity index (χ1n) is 6.57. The molecule has 0 bridgehead atoms. The van der Waals surface area contributed by atoms with Crippen LogP contribution < -0.4 is 10.1 Å². The average Bonchev–Trinajstić information content (AvgIpc) is 2.95. The Bertz CT molecular complexity index is 807. The van der Waals surface area contributed by atoms with E-state index in [1.54, 1.807) is 13.0 Å². The Labute approximate surface area is 136 Å². The van der Waals surface area contributed by atoms with Crippen molar-refractivity contribution < 1.29 is 22.3 Å². The molecular formula is C13H14FN3O4S2. The summed E-state index contributed by atoms with van der Waals surface area (Å²) in [6.07, 6.45) is 0.338. The quantitative estimate of drug-likeness (QED) is 0.791. The monoisotopic (exact) mass is 359 g/mol. The molecule has 2 rings (SSSR count). The van der Waals surface area contributed by atoms with Crippen LogP contribution in [0, 0.1) is 5.82 Å². The third-order valence-corrected chi connectivity index (χ3v) is 5.23. The van der Waals surface area contributed by atoms with Crippen LogP contribution in [0.3, 0.4) is 0 Å². The van der Waals surface area contributed by atoms with Crippen molar-refractivity contribution in [2.24, 2.45) is 0 Å². The second kappa shape index (κ2) is 7.01. The van der Waals surface area contributed by atoms with Gasteiger partial charge in [0.25, 0.3) is 5.91 Å². The highest BCUT2D eigenvalue weighted by Crippen LogP contribution is 2.22. The summed E-state index contributed by atoms with van der Waals surface area (Å²) in [5.74, 6) is -1.18. The number of hydrogen-bond acceptors (Lipinski definition) is 7. The van der Waals surface area contributed by atoms with Gasteiger partial charge in [-0.1, -0.05) is 30.4 Å². The normalized spacial score (nSPS) is 12.7. The standard InChI is InChI=1S/C13H14FN3O4S2/c1-3-9(21-10-7-5-4-6-8(10)14)11(18)15-12-16-17-13(22-12)23(2,19)20/h4-7,9H,3H2,1-2H3,(H,15,16,18). The molecule has 0 saturated carbocycles. The fourth-order valence-corrected chi connectivity index (χ4v) is 3.12. The number of sulfone groups is 1. The van der Waals surface area contributed by atoms with Gasteiger partial charge in [-0.25, -0.2) is 12.8 Å². The molecule has 1 atom stereocenters. The van der Waals surface area contributed by atoms with Crippen molar-refractivity contribution in [2.45, 2.75) is 23.8 Å². The van der Waals surface area contributed by atoms with Crippen LogP contribution in [-0.4, -0.2) is 36.9 Å². The summed E-state index contributed by atoms with van der Waals surface area (Å²) in [4.78, 5) is 12.1. The highest BCUT2D eigenvalue weighted by atomic mass is 32.2. The summed E-state index contributed by atoms with van der Waals surface area (Å²) < 4.78 is 41.4. The van der Waals surface area contributed by atoms with Gasteiger partial charge in [-0.3, -0.25) is 10.1 Å². The Morgan fingerprint density at radius 3 is 2.65 bits per heavy atom. The molecule has 0 fully saturated rings. The fourth-order valence-electron chi connectivity index (χ4n) is 1.61. The maximum atomic E-state index is 13.6. The Morgan fingerprint density at radius 2 is 2.09 bits per heavy atom. The number of benzene rings is 1. The van der Waals surface area contributed by atoms with E-state index in [0.29, 0.717) is 0 Å². The number of nitrogens with zero attached hydrogens (tertiary/aromatic N) is 2. The lowest BCUT2D eigenvalue weighted by Crippen LogP contribution is -2.32. The predicted molar refractivity (Wildman–Crippen MR) is 82.8 cm³/mol. The fraction of sp³-hybridized carbons (Fsp3) is 0.308. The van der Waals surface area contributed by atoms with Gasteiger partial charge >= 0.3 is 0 Å². The van der Waals surface area contributed by atoms with Gasteiger partial charge in [0.2, 0.25) is 19.3 Å². The van der Waals surface area contributed by atoms with Crippen LogP contribution in [0.2, 0.25) is 0 Å². The maximum absolute atomic E-state index is 13.6. The van der Waals surface area contributed by atoms with Crippen LogP contribution in [0.5, 0.6) is 5.75 Å². The molecule has 7 nitrogen and oxygen atoms in total. The third kappa shape index (κ3) is 4.45. The van der Waals surface area contributed by atoms with Crippen molar-refractivity contribution in [2.75, 3.05) is 11.6 Å². The minimum Gasteiger partial charge on any atom is -0.478 e.